The van der Waals surface area contributed by atoms with Crippen LogP contribution in [0.1, 0.15) is 0 Å². The summed E-state index contributed by atoms with van der Waals surface area (Å²) in [6.07, 6.45) is 0. The lowest BCUT2D eigenvalue weighted by Crippen LogP contribution is -2.76. The van der Waals surface area contributed by atoms with Gasteiger partial charge in [0.1, 0.15) is 0 Å². The van der Waals surface area contributed by atoms with Crippen molar-refractivity contribution in [3.05, 3.63) is 4.84 Å². The maximum absolute atomic E-state index is 6.61. The lowest BCUT2D eigenvalue weighted by atomic mass is 9.96. The van der Waals surface area contributed by atoms with Crippen molar-refractivity contribution in [2.24, 2.45) is 0 Å². The van der Waals surface area contributed by atoms with Crippen LogP contribution >= 0.6 is 476 Å². The van der Waals surface area contributed by atoms with E-state index in [-0.39, 0.29) is 0 Å². The van der Waals surface area contributed by atoms with Crippen LogP contribution in [0.5, 0.6) is 0 Å². The van der Waals surface area contributed by atoms with Crippen molar-refractivity contribution in [3.8, 4) is 0 Å². The van der Waals surface area contributed by atoms with E-state index in [4.69, 9.17) is 476 Å². The van der Waals surface area contributed by atoms with E-state index in [0.29, 0.717) is 0 Å². The maximum atomic E-state index is 6.61. The van der Waals surface area contributed by atoms with Gasteiger partial charge in [-0.1, -0.05) is 476 Å². The molecule has 0 unspecified atom stereocenters. The van der Waals surface area contributed by atoms with E-state index >= 15 is 0 Å². The van der Waals surface area contributed by atoms with Crippen LogP contribution in [0.2, 0.25) is 0 Å². The topological polar surface area (TPSA) is 0 Å². The van der Waals surface area contributed by atoms with Crippen LogP contribution in [-0.4, -0.2) is 81.8 Å². The minimum atomic E-state index is -3.77. The molecule has 0 aromatic rings. The molecule has 0 bridgehead atoms. The zero-order valence-corrected chi connectivity index (χ0v) is 56.5. The van der Waals surface area contributed by atoms with Gasteiger partial charge >= 0.3 is 0 Å². The fourth-order valence-corrected chi connectivity index (χ4v) is 17.3. The van der Waals surface area contributed by atoms with Crippen LogP contribution in [0, 0.1) is 4.84 Å². The van der Waals surface area contributed by atoms with Crippen LogP contribution < -0.4 is 0 Å². The first-order valence-corrected chi connectivity index (χ1v) is 28.0. The average molecular weight is 1690 g/mol. The quantitative estimate of drug-likeness (QED) is 0.120. The van der Waals surface area contributed by atoms with E-state index in [9.17, 15) is 0 Å². The Morgan fingerprint density at radius 1 is 0.148 bits per heavy atom. The SMILES string of the molecule is Cl[C](Cl)C(Cl)(Cl)C(Cl)(Cl)C(Cl)(Cl)C(Cl)(Cl)C(Cl)(Cl)C(Cl)(Cl)C(Cl)(Cl)C(Cl)(Cl)C(Cl)(Cl)C(Cl)(Cl)C(Cl)(Cl)C(Cl)(Cl)C(Cl)(Cl)C(Cl)(Cl)C(Cl)(Cl)C(Cl)(Cl)C(Cl)(Cl)C(Cl)(Cl)C(Cl)(Cl)Cl. The first-order chi connectivity index (χ1) is 25.4. The molecule has 367 valence electrons. The normalized spacial score (nSPS) is 17.4. The highest BCUT2D eigenvalue weighted by atomic mass is 35.6. The molecule has 0 N–H and O–H groups in total. The molecule has 0 aliphatic carbocycles. The number of hydrogen-bond acceptors (Lipinski definition) is 0. The van der Waals surface area contributed by atoms with Crippen molar-refractivity contribution in [3.63, 3.8) is 0 Å². The standard InChI is InChI=1S/C20Cl41/c21-1(22)2(23,24)3(25,26)4(27,28)5(29,30)6(31,32)7(33,34)8(35,36)9(37,38)10(39,40)11(41,42)12(43,44)13(45,46)14(47,48)15(49,50)16(51,52)17(53,54)18(55,56)19(57,58)20(59,60)61. The summed E-state index contributed by atoms with van der Waals surface area (Å²) in [5, 5.41) is 0. The fraction of sp³-hybridized carbons (Fsp3) is 0.950. The Morgan fingerprint density at radius 2 is 0.246 bits per heavy atom. The minimum Gasteiger partial charge on any atom is -0.0946 e. The number of halogens is 41. The van der Waals surface area contributed by atoms with Gasteiger partial charge in [0.05, 0.1) is 0 Å². The molecule has 61 heavy (non-hydrogen) atoms. The molecule has 0 saturated carbocycles. The third-order valence-corrected chi connectivity index (χ3v) is 36.5. The predicted molar refractivity (Wildman–Crippen MR) is 295 cm³/mol. The van der Waals surface area contributed by atoms with Gasteiger partial charge in [0, 0.05) is 0 Å². The molecule has 0 aliphatic rings. The van der Waals surface area contributed by atoms with Gasteiger partial charge in [-0.3, -0.25) is 0 Å². The zero-order valence-electron chi connectivity index (χ0n) is 25.5. The molecule has 0 nitrogen and oxygen atoms in total. The predicted octanol–water partition coefficient (Wildman–Crippen LogP) is 24.5. The Labute approximate surface area is 552 Å². The molecule has 0 rings (SSSR count). The molecule has 1 radical (unpaired) electrons. The number of alkyl halides is 39. The maximum Gasteiger partial charge on any atom is 0.226 e. The number of hydrogen-bond donors (Lipinski definition) is 0. The van der Waals surface area contributed by atoms with E-state index in [1.165, 1.54) is 0 Å². The van der Waals surface area contributed by atoms with E-state index in [1.54, 1.807) is 0 Å². The second kappa shape index (κ2) is 21.7. The summed E-state index contributed by atoms with van der Waals surface area (Å²) in [7, 11) is 0. The fourth-order valence-electron chi connectivity index (χ4n) is 3.45. The van der Waals surface area contributed by atoms with Gasteiger partial charge < -0.3 is 0 Å². The van der Waals surface area contributed by atoms with Gasteiger partial charge in [-0.25, -0.2) is 0 Å². The second-order valence-electron chi connectivity index (χ2n) is 11.1. The van der Waals surface area contributed by atoms with Crippen molar-refractivity contribution in [2.75, 3.05) is 0 Å². The van der Waals surface area contributed by atoms with Gasteiger partial charge in [0.15, 0.2) is 78.5 Å². The first kappa shape index (κ1) is 72.9. The van der Waals surface area contributed by atoms with Gasteiger partial charge in [-0.15, -0.1) is 0 Å². The van der Waals surface area contributed by atoms with E-state index in [0.717, 1.165) is 0 Å². The third kappa shape index (κ3) is 10.9. The van der Waals surface area contributed by atoms with Crippen molar-refractivity contribution >= 4 is 476 Å². The summed E-state index contributed by atoms with van der Waals surface area (Å²) in [4.78, 5) is -1.02. The van der Waals surface area contributed by atoms with E-state index in [1.807, 2.05) is 0 Å². The molecule has 0 aromatic carbocycles. The highest BCUT2D eigenvalue weighted by Gasteiger charge is 2.89. The molecular formula is C20Cl41. The highest BCUT2D eigenvalue weighted by molar-refractivity contribution is 6.87. The Bertz CT molecular complexity index is 1580. The molecule has 0 atom stereocenters. The van der Waals surface area contributed by atoms with Gasteiger partial charge in [0.2, 0.25) is 8.13 Å². The second-order valence-corrected chi connectivity index (χ2v) is 38.2. The van der Waals surface area contributed by atoms with Gasteiger partial charge in [-0.2, -0.15) is 0 Å². The smallest absolute Gasteiger partial charge is 0.0946 e. The van der Waals surface area contributed by atoms with Crippen LogP contribution in [0.25, 0.3) is 0 Å². The van der Waals surface area contributed by atoms with Crippen molar-refractivity contribution in [2.45, 2.75) is 81.8 Å². The molecule has 0 fully saturated rings. The summed E-state index contributed by atoms with van der Waals surface area (Å²) >= 11 is 262. The molecule has 0 spiro atoms. The third-order valence-electron chi connectivity index (χ3n) is 7.30. The molecule has 41 heteroatoms. The molecule has 0 amide bonds. The molecular weight excluding hydrogens is 1690 g/mol. The lowest BCUT2D eigenvalue weighted by Gasteiger charge is -2.59. The molecule has 0 aromatic heterocycles. The lowest BCUT2D eigenvalue weighted by molar-refractivity contribution is 0.389. The largest absolute Gasteiger partial charge is 0.226 e. The van der Waals surface area contributed by atoms with Gasteiger partial charge in [-0.05, 0) is 0 Å². The van der Waals surface area contributed by atoms with Crippen LogP contribution in [-0.2, 0) is 0 Å². The molecule has 0 heterocycles. The van der Waals surface area contributed by atoms with Crippen LogP contribution in [0.4, 0.5) is 0 Å². The highest BCUT2D eigenvalue weighted by Crippen LogP contribution is 2.79. The zero-order chi connectivity index (χ0) is 51.1. The Balaban J connectivity index is 7.95. The summed E-state index contributed by atoms with van der Waals surface area (Å²) in [5.41, 5.74) is 0. The Morgan fingerprint density at radius 3 is 0.344 bits per heavy atom. The summed E-state index contributed by atoms with van der Waals surface area (Å²) in [6, 6.07) is 0. The summed E-state index contributed by atoms with van der Waals surface area (Å²) < 4.78 is -66.6. The van der Waals surface area contributed by atoms with Crippen LogP contribution in [0.15, 0.2) is 0 Å². The molecule has 0 aliphatic heterocycles. The van der Waals surface area contributed by atoms with E-state index in [2.05, 4.69) is 0 Å². The van der Waals surface area contributed by atoms with Crippen LogP contribution in [0.3, 0.4) is 0 Å². The molecule has 0 saturated heterocycles. The average Bonchev–Trinajstić information content (AvgIpc) is 3.02. The van der Waals surface area contributed by atoms with Crippen molar-refractivity contribution < 1.29 is 0 Å². The summed E-state index contributed by atoms with van der Waals surface area (Å²) in [5.74, 6) is 0. The monoisotopic (exact) mass is 1670 g/mol. The van der Waals surface area contributed by atoms with Crippen molar-refractivity contribution in [1.82, 2.24) is 0 Å². The summed E-state index contributed by atoms with van der Waals surface area (Å²) in [6.45, 7) is 0. The van der Waals surface area contributed by atoms with E-state index < -0.39 is 86.6 Å². The number of rotatable bonds is 18. The van der Waals surface area contributed by atoms with Crippen molar-refractivity contribution in [1.29, 1.82) is 0 Å². The Hall–Kier alpha value is 11.9. The van der Waals surface area contributed by atoms with Gasteiger partial charge in [0.25, 0.3) is 0 Å². The minimum absolute atomic E-state index is 1.02. The first-order valence-electron chi connectivity index (χ1n) is 12.5. The Kier molecular flexibility index (Phi) is 26.0.